The van der Waals surface area contributed by atoms with Gasteiger partial charge in [-0.25, -0.2) is 0 Å². The van der Waals surface area contributed by atoms with Crippen molar-refractivity contribution in [2.75, 3.05) is 13.1 Å². The van der Waals surface area contributed by atoms with E-state index in [-0.39, 0.29) is 5.41 Å². The van der Waals surface area contributed by atoms with Gasteiger partial charge in [0, 0.05) is 23.4 Å². The normalized spacial score (nSPS) is 18.6. The molecule has 0 amide bonds. The third-order valence-electron chi connectivity index (χ3n) is 3.91. The first kappa shape index (κ1) is 13.2. The van der Waals surface area contributed by atoms with E-state index in [0.717, 1.165) is 49.9 Å². The standard InChI is InChI=1S/C15H22N2O/c1-3-4-15(5-7-16-8-6-15)14(18)13-9-12(2)10-17-11-13/h9-11,16H,3-8H2,1-2H3. The molecule has 98 valence electrons. The zero-order valence-electron chi connectivity index (χ0n) is 11.3. The molecular weight excluding hydrogens is 224 g/mol. The van der Waals surface area contributed by atoms with Gasteiger partial charge in [0.05, 0.1) is 0 Å². The quantitative estimate of drug-likeness (QED) is 0.831. The van der Waals surface area contributed by atoms with Crippen LogP contribution >= 0.6 is 0 Å². The van der Waals surface area contributed by atoms with Crippen molar-refractivity contribution < 1.29 is 4.79 Å². The number of aromatic nitrogens is 1. The summed E-state index contributed by atoms with van der Waals surface area (Å²) in [6, 6.07) is 1.97. The van der Waals surface area contributed by atoms with Gasteiger partial charge in [0.2, 0.25) is 0 Å². The minimum atomic E-state index is -0.157. The number of rotatable bonds is 4. The summed E-state index contributed by atoms with van der Waals surface area (Å²) in [5.41, 5.74) is 1.68. The van der Waals surface area contributed by atoms with Gasteiger partial charge in [0.15, 0.2) is 5.78 Å². The highest BCUT2D eigenvalue weighted by atomic mass is 16.1. The summed E-state index contributed by atoms with van der Waals surface area (Å²) in [6.45, 7) is 6.04. The lowest BCUT2D eigenvalue weighted by Gasteiger charge is -2.36. The molecule has 1 aromatic heterocycles. The molecule has 0 saturated carbocycles. The van der Waals surface area contributed by atoms with Crippen molar-refractivity contribution in [3.05, 3.63) is 29.6 Å². The minimum absolute atomic E-state index is 0.157. The summed E-state index contributed by atoms with van der Waals surface area (Å²) in [7, 11) is 0. The van der Waals surface area contributed by atoms with Crippen molar-refractivity contribution in [2.24, 2.45) is 5.41 Å². The fourth-order valence-corrected chi connectivity index (χ4v) is 2.96. The Kier molecular flexibility index (Phi) is 4.12. The van der Waals surface area contributed by atoms with Crippen molar-refractivity contribution in [3.8, 4) is 0 Å². The molecule has 1 fully saturated rings. The van der Waals surface area contributed by atoms with Crippen LogP contribution in [0.25, 0.3) is 0 Å². The summed E-state index contributed by atoms with van der Waals surface area (Å²) < 4.78 is 0. The first-order chi connectivity index (χ1) is 8.68. The number of ketones is 1. The van der Waals surface area contributed by atoms with Crippen LogP contribution in [0.2, 0.25) is 0 Å². The van der Waals surface area contributed by atoms with Crippen LogP contribution in [0.5, 0.6) is 0 Å². The number of carbonyl (C=O) groups is 1. The molecule has 0 unspecified atom stereocenters. The second-order valence-corrected chi connectivity index (χ2v) is 5.36. The number of hydrogen-bond acceptors (Lipinski definition) is 3. The van der Waals surface area contributed by atoms with E-state index in [4.69, 9.17) is 0 Å². The highest BCUT2D eigenvalue weighted by Gasteiger charge is 2.38. The maximum atomic E-state index is 12.8. The van der Waals surface area contributed by atoms with Crippen LogP contribution in [0.1, 0.15) is 48.5 Å². The van der Waals surface area contributed by atoms with E-state index in [1.54, 1.807) is 12.4 Å². The molecular formula is C15H22N2O. The molecule has 1 N–H and O–H groups in total. The van der Waals surface area contributed by atoms with Gasteiger partial charge >= 0.3 is 0 Å². The number of aryl methyl sites for hydroxylation is 1. The van der Waals surface area contributed by atoms with Crippen LogP contribution in [0.4, 0.5) is 0 Å². The number of pyridine rings is 1. The van der Waals surface area contributed by atoms with Crippen LogP contribution in [-0.4, -0.2) is 23.9 Å². The smallest absolute Gasteiger partial charge is 0.170 e. The number of nitrogens with zero attached hydrogens (tertiary/aromatic N) is 1. The van der Waals surface area contributed by atoms with Gasteiger partial charge in [0.1, 0.15) is 0 Å². The number of piperidine rings is 1. The fraction of sp³-hybridized carbons (Fsp3) is 0.600. The van der Waals surface area contributed by atoms with Gasteiger partial charge in [-0.2, -0.15) is 0 Å². The number of nitrogens with one attached hydrogen (secondary N) is 1. The average molecular weight is 246 g/mol. The van der Waals surface area contributed by atoms with Crippen LogP contribution < -0.4 is 5.32 Å². The van der Waals surface area contributed by atoms with Crippen molar-refractivity contribution in [1.82, 2.24) is 10.3 Å². The number of hydrogen-bond donors (Lipinski definition) is 1. The van der Waals surface area contributed by atoms with E-state index < -0.39 is 0 Å². The van der Waals surface area contributed by atoms with Crippen LogP contribution in [0, 0.1) is 12.3 Å². The molecule has 3 heteroatoms. The Labute approximate surface area is 109 Å². The van der Waals surface area contributed by atoms with Crippen molar-refractivity contribution in [3.63, 3.8) is 0 Å². The molecule has 0 aliphatic carbocycles. The average Bonchev–Trinajstić information content (AvgIpc) is 2.39. The van der Waals surface area contributed by atoms with Crippen LogP contribution in [-0.2, 0) is 0 Å². The van der Waals surface area contributed by atoms with Gasteiger partial charge in [-0.1, -0.05) is 13.3 Å². The van der Waals surface area contributed by atoms with Gasteiger partial charge < -0.3 is 5.32 Å². The number of carbonyl (C=O) groups excluding carboxylic acids is 1. The molecule has 0 bridgehead atoms. The molecule has 0 aromatic carbocycles. The summed E-state index contributed by atoms with van der Waals surface area (Å²) in [5, 5.41) is 3.35. The summed E-state index contributed by atoms with van der Waals surface area (Å²) >= 11 is 0. The highest BCUT2D eigenvalue weighted by molar-refractivity contribution is 6.00. The van der Waals surface area contributed by atoms with Crippen molar-refractivity contribution in [2.45, 2.75) is 39.5 Å². The molecule has 18 heavy (non-hydrogen) atoms. The molecule has 1 aromatic rings. The van der Waals surface area contributed by atoms with E-state index in [1.165, 1.54) is 0 Å². The third-order valence-corrected chi connectivity index (χ3v) is 3.91. The topological polar surface area (TPSA) is 42.0 Å². The molecule has 0 spiro atoms. The molecule has 0 atom stereocenters. The zero-order chi connectivity index (χ0) is 13.0. The first-order valence-electron chi connectivity index (χ1n) is 6.85. The fourth-order valence-electron chi connectivity index (χ4n) is 2.96. The van der Waals surface area contributed by atoms with Gasteiger partial charge in [-0.05, 0) is 50.9 Å². The zero-order valence-corrected chi connectivity index (χ0v) is 11.3. The molecule has 1 aliphatic heterocycles. The Morgan fingerprint density at radius 1 is 1.39 bits per heavy atom. The summed E-state index contributed by atoms with van der Waals surface area (Å²) in [6.07, 6.45) is 7.47. The van der Waals surface area contributed by atoms with Crippen LogP contribution in [0.15, 0.2) is 18.5 Å². The predicted octanol–water partition coefficient (Wildman–Crippen LogP) is 2.74. The summed E-state index contributed by atoms with van der Waals surface area (Å²) in [5.74, 6) is 0.294. The third kappa shape index (κ3) is 2.61. The van der Waals surface area contributed by atoms with E-state index in [9.17, 15) is 4.79 Å². The molecule has 1 aliphatic rings. The first-order valence-corrected chi connectivity index (χ1v) is 6.85. The van der Waals surface area contributed by atoms with E-state index in [0.29, 0.717) is 5.78 Å². The Hall–Kier alpha value is -1.22. The van der Waals surface area contributed by atoms with Crippen molar-refractivity contribution in [1.29, 1.82) is 0 Å². The number of Topliss-reactive ketones (excluding diaryl/α,β-unsaturated/α-hetero) is 1. The van der Waals surface area contributed by atoms with Crippen molar-refractivity contribution >= 4 is 5.78 Å². The Bertz CT molecular complexity index is 417. The second kappa shape index (κ2) is 5.61. The Morgan fingerprint density at radius 2 is 2.11 bits per heavy atom. The molecule has 2 heterocycles. The van der Waals surface area contributed by atoms with Gasteiger partial charge in [-0.15, -0.1) is 0 Å². The lowest BCUT2D eigenvalue weighted by Crippen LogP contribution is -2.42. The lowest BCUT2D eigenvalue weighted by atomic mass is 9.70. The maximum absolute atomic E-state index is 12.8. The molecule has 1 saturated heterocycles. The Morgan fingerprint density at radius 3 is 2.72 bits per heavy atom. The van der Waals surface area contributed by atoms with Gasteiger partial charge in [-0.3, -0.25) is 9.78 Å². The largest absolute Gasteiger partial charge is 0.317 e. The van der Waals surface area contributed by atoms with Gasteiger partial charge in [0.25, 0.3) is 0 Å². The Balaban J connectivity index is 2.28. The molecule has 2 rings (SSSR count). The summed E-state index contributed by atoms with van der Waals surface area (Å²) in [4.78, 5) is 17.0. The second-order valence-electron chi connectivity index (χ2n) is 5.36. The van der Waals surface area contributed by atoms with Crippen LogP contribution in [0.3, 0.4) is 0 Å². The van der Waals surface area contributed by atoms with E-state index in [2.05, 4.69) is 17.2 Å². The molecule has 3 nitrogen and oxygen atoms in total. The van der Waals surface area contributed by atoms with E-state index in [1.807, 2.05) is 13.0 Å². The SMILES string of the molecule is CCCC1(C(=O)c2cncc(C)c2)CCNCC1. The monoisotopic (exact) mass is 246 g/mol. The van der Waals surface area contributed by atoms with E-state index >= 15 is 0 Å². The lowest BCUT2D eigenvalue weighted by molar-refractivity contribution is 0.0704. The molecule has 0 radical (unpaired) electrons. The highest BCUT2D eigenvalue weighted by Crippen LogP contribution is 2.37. The minimum Gasteiger partial charge on any atom is -0.317 e. The predicted molar refractivity (Wildman–Crippen MR) is 72.7 cm³/mol. The maximum Gasteiger partial charge on any atom is 0.170 e.